The van der Waals surface area contributed by atoms with E-state index >= 15 is 0 Å². The normalized spacial score (nSPS) is 16.8. The van der Waals surface area contributed by atoms with Gasteiger partial charge in [-0.3, -0.25) is 0 Å². The number of hydrogen-bond donors (Lipinski definition) is 2. The summed E-state index contributed by atoms with van der Waals surface area (Å²) in [5.41, 5.74) is 1.78. The number of benzene rings is 1. The Labute approximate surface area is 114 Å². The first-order valence-corrected chi connectivity index (χ1v) is 5.95. The van der Waals surface area contributed by atoms with Crippen molar-refractivity contribution in [3.8, 4) is 5.75 Å². The number of ether oxygens (including phenoxy) is 1. The first-order chi connectivity index (χ1) is 8.68. The summed E-state index contributed by atoms with van der Waals surface area (Å²) in [4.78, 5) is 0. The molecule has 0 radical (unpaired) electrons. The quantitative estimate of drug-likeness (QED) is 0.898. The zero-order chi connectivity index (χ0) is 14.8. The largest absolute Gasteiger partial charge is 0.496 e. The van der Waals surface area contributed by atoms with Gasteiger partial charge in [0.1, 0.15) is 5.75 Å². The number of halogens is 4. The topological polar surface area (TPSA) is 55.5 Å². The minimum atomic E-state index is -4.94. The maximum absolute atomic E-state index is 13.2. The summed E-state index contributed by atoms with van der Waals surface area (Å²) in [5.74, 6) is -0.117. The first kappa shape index (κ1) is 16.1. The van der Waals surface area contributed by atoms with Gasteiger partial charge in [0, 0.05) is 16.6 Å². The van der Waals surface area contributed by atoms with E-state index in [1.807, 2.05) is 0 Å². The molecule has 0 heterocycles. The molecule has 0 aliphatic rings. The van der Waals surface area contributed by atoms with Crippen LogP contribution in [0.1, 0.15) is 18.9 Å². The third-order valence-corrected chi connectivity index (χ3v) is 3.22. The number of alkyl halides is 3. The molecule has 3 nitrogen and oxygen atoms in total. The second-order valence-electron chi connectivity index (χ2n) is 4.12. The monoisotopic (exact) mass is 297 g/mol. The summed E-state index contributed by atoms with van der Waals surface area (Å²) in [6, 6.07) is 2.12. The van der Waals surface area contributed by atoms with Crippen molar-refractivity contribution < 1.29 is 23.0 Å². The summed E-state index contributed by atoms with van der Waals surface area (Å²) in [7, 11) is 1.21. The number of hydrogen-bond acceptors (Lipinski definition) is 3. The number of methoxy groups -OCH3 is 1. The van der Waals surface area contributed by atoms with Crippen molar-refractivity contribution in [1.29, 1.82) is 0 Å². The maximum Gasteiger partial charge on any atom is 0.423 e. The molecule has 7 heteroatoms. The fourth-order valence-electron chi connectivity index (χ4n) is 1.84. The Hall–Kier alpha value is -0.980. The minimum absolute atomic E-state index is 0.0572. The average Bonchev–Trinajstić information content (AvgIpc) is 2.35. The maximum atomic E-state index is 13.2. The molecular weight excluding hydrogens is 283 g/mol. The molecule has 0 amide bonds. The molecule has 1 aromatic carbocycles. The van der Waals surface area contributed by atoms with E-state index in [4.69, 9.17) is 22.1 Å². The first-order valence-electron chi connectivity index (χ1n) is 5.57. The van der Waals surface area contributed by atoms with Gasteiger partial charge in [-0.1, -0.05) is 18.5 Å². The van der Waals surface area contributed by atoms with Gasteiger partial charge in [-0.2, -0.15) is 13.2 Å². The van der Waals surface area contributed by atoms with Crippen LogP contribution in [0.4, 0.5) is 13.2 Å². The molecule has 0 aromatic heterocycles. The van der Waals surface area contributed by atoms with Gasteiger partial charge in [-0.25, -0.2) is 0 Å². The van der Waals surface area contributed by atoms with Crippen LogP contribution >= 0.6 is 11.6 Å². The molecule has 1 aromatic rings. The standard InChI is InChI=1S/C12H15ClF3NO2/c1-3-10(17)11(18,12(14,15)16)8-6-7(13)4-5-9(8)19-2/h4-6,10,18H,3,17H2,1-2H3. The Balaban J connectivity index is 3.54. The number of rotatable bonds is 4. The molecular formula is C12H15ClF3NO2. The summed E-state index contributed by atoms with van der Waals surface area (Å²) in [6.07, 6.45) is -5.01. The lowest BCUT2D eigenvalue weighted by atomic mass is 9.84. The molecule has 0 aliphatic heterocycles. The number of nitrogens with two attached hydrogens (primary N) is 1. The van der Waals surface area contributed by atoms with Crippen LogP contribution in [0.3, 0.4) is 0 Å². The van der Waals surface area contributed by atoms with Crippen LogP contribution in [0.15, 0.2) is 18.2 Å². The van der Waals surface area contributed by atoms with Gasteiger partial charge in [0.2, 0.25) is 5.60 Å². The Morgan fingerprint density at radius 2 is 2.00 bits per heavy atom. The van der Waals surface area contributed by atoms with Crippen molar-refractivity contribution in [2.24, 2.45) is 5.73 Å². The predicted octanol–water partition coefficient (Wildman–Crippen LogP) is 2.84. The molecule has 0 spiro atoms. The second kappa shape index (κ2) is 5.56. The molecule has 1 rings (SSSR count). The van der Waals surface area contributed by atoms with Gasteiger partial charge < -0.3 is 15.6 Å². The van der Waals surface area contributed by atoms with Crippen molar-refractivity contribution in [3.63, 3.8) is 0 Å². The van der Waals surface area contributed by atoms with E-state index in [0.717, 1.165) is 6.07 Å². The van der Waals surface area contributed by atoms with E-state index in [9.17, 15) is 18.3 Å². The van der Waals surface area contributed by atoms with Crippen LogP contribution in [0.2, 0.25) is 5.02 Å². The van der Waals surface area contributed by atoms with Crippen LogP contribution in [0.5, 0.6) is 5.75 Å². The minimum Gasteiger partial charge on any atom is -0.496 e. The molecule has 108 valence electrons. The smallest absolute Gasteiger partial charge is 0.423 e. The number of aliphatic hydroxyl groups is 1. The Morgan fingerprint density at radius 3 is 2.42 bits per heavy atom. The zero-order valence-corrected chi connectivity index (χ0v) is 11.2. The Kier molecular flexibility index (Phi) is 4.71. The van der Waals surface area contributed by atoms with Crippen molar-refractivity contribution in [3.05, 3.63) is 28.8 Å². The second-order valence-corrected chi connectivity index (χ2v) is 4.56. The van der Waals surface area contributed by atoms with Crippen LogP contribution in [0, 0.1) is 0 Å². The molecule has 3 N–H and O–H groups in total. The summed E-state index contributed by atoms with van der Waals surface area (Å²) in [5, 5.41) is 10.2. The van der Waals surface area contributed by atoms with Gasteiger partial charge in [0.15, 0.2) is 0 Å². The van der Waals surface area contributed by atoms with Crippen molar-refractivity contribution in [1.82, 2.24) is 0 Å². The lowest BCUT2D eigenvalue weighted by Gasteiger charge is -2.36. The summed E-state index contributed by atoms with van der Waals surface area (Å²) in [6.45, 7) is 1.46. The highest BCUT2D eigenvalue weighted by atomic mass is 35.5. The average molecular weight is 298 g/mol. The van der Waals surface area contributed by atoms with E-state index in [1.54, 1.807) is 0 Å². The van der Waals surface area contributed by atoms with Crippen molar-refractivity contribution in [2.45, 2.75) is 31.2 Å². The van der Waals surface area contributed by atoms with E-state index in [1.165, 1.54) is 26.2 Å². The summed E-state index contributed by atoms with van der Waals surface area (Å²) >= 11 is 5.70. The van der Waals surface area contributed by atoms with E-state index in [2.05, 4.69) is 0 Å². The van der Waals surface area contributed by atoms with Crippen molar-refractivity contribution >= 4 is 11.6 Å². The Bertz CT molecular complexity index is 453. The molecule has 0 bridgehead atoms. The van der Waals surface area contributed by atoms with Crippen LogP contribution in [0.25, 0.3) is 0 Å². The molecule has 0 saturated carbocycles. The van der Waals surface area contributed by atoms with Gasteiger partial charge in [-0.05, 0) is 24.6 Å². The van der Waals surface area contributed by atoms with Crippen LogP contribution in [-0.4, -0.2) is 24.4 Å². The molecule has 2 atom stereocenters. The highest BCUT2D eigenvalue weighted by Gasteiger charge is 2.59. The highest BCUT2D eigenvalue weighted by molar-refractivity contribution is 6.30. The van der Waals surface area contributed by atoms with Crippen molar-refractivity contribution in [2.75, 3.05) is 7.11 Å². The van der Waals surface area contributed by atoms with Crippen LogP contribution < -0.4 is 10.5 Å². The molecule has 0 aliphatic carbocycles. The molecule has 19 heavy (non-hydrogen) atoms. The SMILES string of the molecule is CCC(N)C(O)(c1cc(Cl)ccc1OC)C(F)(F)F. The van der Waals surface area contributed by atoms with Gasteiger partial charge in [0.05, 0.1) is 7.11 Å². The third kappa shape index (κ3) is 2.80. The highest BCUT2D eigenvalue weighted by Crippen LogP contribution is 2.45. The van der Waals surface area contributed by atoms with Crippen LogP contribution in [-0.2, 0) is 5.60 Å². The van der Waals surface area contributed by atoms with E-state index < -0.39 is 23.4 Å². The lowest BCUT2D eigenvalue weighted by Crippen LogP contribution is -2.55. The Morgan fingerprint density at radius 1 is 1.42 bits per heavy atom. The predicted molar refractivity (Wildman–Crippen MR) is 66.2 cm³/mol. The molecule has 2 unspecified atom stereocenters. The summed E-state index contributed by atoms with van der Waals surface area (Å²) < 4.78 is 44.6. The van der Waals surface area contributed by atoms with E-state index in [0.29, 0.717) is 0 Å². The fourth-order valence-corrected chi connectivity index (χ4v) is 2.01. The van der Waals surface area contributed by atoms with Gasteiger partial charge >= 0.3 is 6.18 Å². The molecule has 0 fully saturated rings. The van der Waals surface area contributed by atoms with Gasteiger partial charge in [-0.15, -0.1) is 0 Å². The fraction of sp³-hybridized carbons (Fsp3) is 0.500. The van der Waals surface area contributed by atoms with Gasteiger partial charge in [0.25, 0.3) is 0 Å². The lowest BCUT2D eigenvalue weighted by molar-refractivity contribution is -0.275. The third-order valence-electron chi connectivity index (χ3n) is 2.98. The zero-order valence-electron chi connectivity index (χ0n) is 10.5. The van der Waals surface area contributed by atoms with E-state index in [-0.39, 0.29) is 17.2 Å². The molecule has 0 saturated heterocycles.